The van der Waals surface area contributed by atoms with Gasteiger partial charge in [0.05, 0.1) is 30.0 Å². The van der Waals surface area contributed by atoms with Crippen molar-refractivity contribution >= 4 is 46.4 Å². The molecule has 0 radical (unpaired) electrons. The van der Waals surface area contributed by atoms with E-state index in [9.17, 15) is 29.1 Å². The fourth-order valence-electron chi connectivity index (χ4n) is 10.3. The van der Waals surface area contributed by atoms with Gasteiger partial charge in [-0.05, 0) is 87.3 Å². The number of benzene rings is 2. The van der Waals surface area contributed by atoms with Crippen LogP contribution in [0.5, 0.6) is 5.75 Å². The summed E-state index contributed by atoms with van der Waals surface area (Å²) in [4.78, 5) is 81.6. The number of carbonyl (C=O) groups is 5. The molecule has 4 heterocycles. The molecule has 1 aromatic heterocycles. The third-order valence-corrected chi connectivity index (χ3v) is 16.9. The molecule has 2 bridgehead atoms. The number of aliphatic imine (C=N–C) groups is 1. The summed E-state index contributed by atoms with van der Waals surface area (Å²) in [5.41, 5.74) is 2.68. The summed E-state index contributed by atoms with van der Waals surface area (Å²) in [7, 11) is 3.13. The summed E-state index contributed by atoms with van der Waals surface area (Å²) < 4.78 is 14.3. The van der Waals surface area contributed by atoms with Crippen molar-refractivity contribution in [3.63, 3.8) is 0 Å². The van der Waals surface area contributed by atoms with Crippen LogP contribution >= 0.6 is 11.8 Å². The molecule has 4 amide bonds. The first-order valence-electron chi connectivity index (χ1n) is 27.8. The van der Waals surface area contributed by atoms with Gasteiger partial charge in [0.25, 0.3) is 0 Å². The van der Waals surface area contributed by atoms with Crippen molar-refractivity contribution < 1.29 is 38.6 Å². The second-order valence-electron chi connectivity index (χ2n) is 22.7. The summed E-state index contributed by atoms with van der Waals surface area (Å²) >= 11 is 1.56. The number of aromatic nitrogens is 3. The molecule has 0 aliphatic carbocycles. The van der Waals surface area contributed by atoms with E-state index in [1.54, 1.807) is 50.7 Å². The number of cyclic esters (lactones) is 1. The van der Waals surface area contributed by atoms with Crippen molar-refractivity contribution in [1.82, 2.24) is 35.0 Å². The Labute approximate surface area is 456 Å². The van der Waals surface area contributed by atoms with E-state index in [4.69, 9.17) is 14.5 Å². The molecule has 2 N–H and O–H groups in total. The number of amides is 4. The summed E-state index contributed by atoms with van der Waals surface area (Å²) in [6.07, 6.45) is 10.4. The number of ether oxygens (including phenoxy) is 2. The molecule has 3 aliphatic rings. The minimum atomic E-state index is -1.06. The zero-order valence-electron chi connectivity index (χ0n) is 47.1. The van der Waals surface area contributed by atoms with E-state index in [-0.39, 0.29) is 36.1 Å². The number of aliphatic hydroxyl groups excluding tert-OH is 1. The first-order chi connectivity index (χ1) is 36.2. The smallest absolute Gasteiger partial charge is 0.329 e. The van der Waals surface area contributed by atoms with Crippen LogP contribution in [0.4, 0.5) is 0 Å². The van der Waals surface area contributed by atoms with Crippen LogP contribution in [0.1, 0.15) is 132 Å². The number of aryl methyl sites for hydroxylation is 1. The molecular formula is C59H86N8O8S. The first kappa shape index (κ1) is 59.7. The molecule has 2 aromatic carbocycles. The summed E-state index contributed by atoms with van der Waals surface area (Å²) in [5.74, 6) is -1.43. The molecular weight excluding hydrogens is 981 g/mol. The Morgan fingerprint density at radius 1 is 0.895 bits per heavy atom. The van der Waals surface area contributed by atoms with Crippen LogP contribution in [-0.2, 0) is 41.7 Å². The van der Waals surface area contributed by atoms with E-state index in [2.05, 4.69) is 22.6 Å². The third-order valence-electron chi connectivity index (χ3n) is 15.6. The highest BCUT2D eigenvalue weighted by Crippen LogP contribution is 2.34. The van der Waals surface area contributed by atoms with Crippen molar-refractivity contribution in [3.05, 3.63) is 78.0 Å². The van der Waals surface area contributed by atoms with Gasteiger partial charge in [0.1, 0.15) is 41.7 Å². The number of rotatable bonds is 14. The number of fused-ring (bicyclic) bond motifs is 2. The fraction of sp³-hybridized carbons (Fsp3) is 0.627. The number of nitrogens with zero attached hydrogens (tertiary/aromatic N) is 7. The lowest BCUT2D eigenvalue weighted by Gasteiger charge is -2.39. The molecule has 6 rings (SSSR count). The van der Waals surface area contributed by atoms with E-state index in [0.29, 0.717) is 62.3 Å². The minimum Gasteiger partial charge on any atom is -0.494 e. The van der Waals surface area contributed by atoms with E-state index in [0.717, 1.165) is 60.5 Å². The minimum absolute atomic E-state index is 0.0140. The molecule has 3 aromatic rings. The SMILES string of the molecule is CC[C@@H](C)[C@H]1C(=O)N2CCC[C@H]2C(=O)O[C@H](C(C)(C)C)C[C@@H](C)C[C@H](O)[C@H](C)C2=N[C@@H](/C=C(\C)C(=O)N[C@@H](Cc3ccc(OCCCCCCCn4cc(-c5ccccc5)nn4)cc3)C(=O)N(C)[C@@H](C)C(=O)N1C)CS2. The Kier molecular flexibility index (Phi) is 21.7. The summed E-state index contributed by atoms with van der Waals surface area (Å²) in [6, 6.07) is 13.4. The molecule has 76 heavy (non-hydrogen) atoms. The Balaban J connectivity index is 1.15. The molecule has 416 valence electrons. The average Bonchev–Trinajstić information content (AvgIpc) is 4.20. The van der Waals surface area contributed by atoms with E-state index < -0.39 is 65.5 Å². The van der Waals surface area contributed by atoms with Gasteiger partial charge < -0.3 is 34.6 Å². The molecule has 1 fully saturated rings. The Morgan fingerprint density at radius 2 is 1.59 bits per heavy atom. The standard InChI is InChI=1S/C59H86N8O8S/c1-12-39(3)52-57(72)67-30-21-24-49(67)58(73)75-51(59(7,8)9)33-38(2)32-50(68)41(5)54-60-45(37-76-54)34-40(4)53(69)61-47(56(71)64(10)42(6)55(70)65(52)11)35-43-25-27-46(28-26-43)74-31-20-15-13-14-19-29-66-36-48(62-63-66)44-22-17-16-18-23-44/h16-18,22-23,25-28,34,36,38-39,41-42,45,47,49-52,68H,12-15,19-21,24,29-33,35,37H2,1-11H3,(H,61,69)/b40-34+/t38-,39+,41-,42-,45-,47-,49-,50-,51-,52-/m0/s1. The van der Waals surface area contributed by atoms with Crippen LogP contribution in [0.3, 0.4) is 0 Å². The van der Waals surface area contributed by atoms with Crippen LogP contribution in [0.25, 0.3) is 11.3 Å². The van der Waals surface area contributed by atoms with Gasteiger partial charge >= 0.3 is 5.97 Å². The van der Waals surface area contributed by atoms with E-state index in [1.807, 2.05) is 107 Å². The molecule has 0 spiro atoms. The molecule has 1 saturated heterocycles. The van der Waals surface area contributed by atoms with Crippen LogP contribution < -0.4 is 10.1 Å². The Morgan fingerprint density at radius 3 is 2.29 bits per heavy atom. The molecule has 10 atom stereocenters. The average molecular weight is 1070 g/mol. The highest BCUT2D eigenvalue weighted by Gasteiger charge is 2.45. The van der Waals surface area contributed by atoms with Crippen molar-refractivity contribution in [1.29, 1.82) is 0 Å². The van der Waals surface area contributed by atoms with Gasteiger partial charge in [-0.1, -0.05) is 128 Å². The van der Waals surface area contributed by atoms with E-state index >= 15 is 0 Å². The molecule has 16 nitrogen and oxygen atoms in total. The number of unbranched alkanes of at least 4 members (excludes halogenated alkanes) is 4. The number of carbonyl (C=O) groups excluding carboxylic acids is 5. The van der Waals surface area contributed by atoms with Gasteiger partial charge in [0.15, 0.2) is 0 Å². The van der Waals surface area contributed by atoms with Crippen LogP contribution in [-0.4, -0.2) is 145 Å². The van der Waals surface area contributed by atoms with Gasteiger partial charge in [-0.15, -0.1) is 16.9 Å². The quantitative estimate of drug-likeness (QED) is 0.116. The normalized spacial score (nSPS) is 27.2. The summed E-state index contributed by atoms with van der Waals surface area (Å²) in [6.45, 7) is 19.0. The van der Waals surface area contributed by atoms with Gasteiger partial charge in [-0.2, -0.15) is 0 Å². The van der Waals surface area contributed by atoms with Crippen molar-refractivity contribution in [2.75, 3.05) is 33.0 Å². The van der Waals surface area contributed by atoms with E-state index in [1.165, 1.54) is 9.80 Å². The molecule has 17 heteroatoms. The lowest BCUT2D eigenvalue weighted by atomic mass is 9.81. The van der Waals surface area contributed by atoms with Gasteiger partial charge in [0, 0.05) is 56.4 Å². The van der Waals surface area contributed by atoms with Gasteiger partial charge in [-0.25, -0.2) is 4.79 Å². The summed E-state index contributed by atoms with van der Waals surface area (Å²) in [5, 5.41) is 23.9. The number of likely N-dealkylation sites (N-methyl/N-ethyl adjacent to an activating group) is 2. The topological polar surface area (TPSA) is 189 Å². The monoisotopic (exact) mass is 1070 g/mol. The maximum absolute atomic E-state index is 14.8. The van der Waals surface area contributed by atoms with Crippen LogP contribution in [0, 0.1) is 23.2 Å². The highest BCUT2D eigenvalue weighted by atomic mass is 32.2. The van der Waals surface area contributed by atoms with Gasteiger partial charge in [-0.3, -0.25) is 28.9 Å². The number of aliphatic hydroxyl groups is 1. The first-order valence-corrected chi connectivity index (χ1v) is 28.7. The van der Waals surface area contributed by atoms with Crippen molar-refractivity contribution in [2.45, 2.75) is 182 Å². The van der Waals surface area contributed by atoms with Crippen molar-refractivity contribution in [3.8, 4) is 17.0 Å². The van der Waals surface area contributed by atoms with Gasteiger partial charge in [0.2, 0.25) is 23.6 Å². The zero-order valence-corrected chi connectivity index (χ0v) is 47.9. The Hall–Kier alpha value is -5.55. The number of esters is 1. The predicted molar refractivity (Wildman–Crippen MR) is 299 cm³/mol. The number of nitrogens with one attached hydrogen (secondary N) is 1. The Bertz CT molecular complexity index is 2470. The van der Waals surface area contributed by atoms with Crippen LogP contribution in [0.15, 0.2) is 77.4 Å². The molecule has 3 aliphatic heterocycles. The van der Waals surface area contributed by atoms with Crippen LogP contribution in [0.2, 0.25) is 0 Å². The molecule has 0 unspecified atom stereocenters. The zero-order chi connectivity index (χ0) is 55.3. The second kappa shape index (κ2) is 27.7. The number of thioether (sulfide) groups is 1. The maximum Gasteiger partial charge on any atom is 0.329 e. The third kappa shape index (κ3) is 16.0. The highest BCUT2D eigenvalue weighted by molar-refractivity contribution is 8.14. The number of hydrogen-bond acceptors (Lipinski definition) is 12. The van der Waals surface area contributed by atoms with Crippen molar-refractivity contribution in [2.24, 2.45) is 28.2 Å². The maximum atomic E-state index is 14.8. The number of hydrogen-bond donors (Lipinski definition) is 2. The largest absolute Gasteiger partial charge is 0.494 e. The predicted octanol–water partition coefficient (Wildman–Crippen LogP) is 8.56. The lowest BCUT2D eigenvalue weighted by molar-refractivity contribution is -0.166. The lowest BCUT2D eigenvalue weighted by Crippen LogP contribution is -2.59. The molecule has 0 saturated carbocycles. The second-order valence-corrected chi connectivity index (χ2v) is 23.8. The fourth-order valence-corrected chi connectivity index (χ4v) is 11.5.